The Hall–Kier alpha value is -4.43. The van der Waals surface area contributed by atoms with Crippen molar-refractivity contribution in [2.75, 3.05) is 0 Å². The number of benzene rings is 1. The summed E-state index contributed by atoms with van der Waals surface area (Å²) < 4.78 is 0. The van der Waals surface area contributed by atoms with Crippen LogP contribution in [0.4, 0.5) is 0 Å². The molecule has 0 unspecified atom stereocenters. The van der Waals surface area contributed by atoms with E-state index in [0.717, 1.165) is 39.6 Å². The summed E-state index contributed by atoms with van der Waals surface area (Å²) in [4.78, 5) is 21.0. The van der Waals surface area contributed by atoms with Gasteiger partial charge in [0.25, 0.3) is 0 Å². The normalized spacial score (nSPS) is 9.56. The van der Waals surface area contributed by atoms with Gasteiger partial charge >= 0.3 is 19.8 Å². The monoisotopic (exact) mass is 687 g/mol. The minimum Gasteiger partial charge on any atom is -0.328 e. The molecule has 0 radical (unpaired) electrons. The van der Waals surface area contributed by atoms with Gasteiger partial charge in [-0.2, -0.15) is 0 Å². The molecule has 0 saturated heterocycles. The minimum absolute atomic E-state index is 0. The van der Waals surface area contributed by atoms with Crippen LogP contribution < -0.4 is 5.73 Å². The zero-order valence-electron chi connectivity index (χ0n) is 21.2. The third-order valence-corrected chi connectivity index (χ3v) is 5.23. The largest absolute Gasteiger partial charge is 2.00 e. The first-order chi connectivity index (χ1) is 18.8. The predicted molar refractivity (Wildman–Crippen MR) is 151 cm³/mol. The Morgan fingerprint density at radius 3 is 1.15 bits per heavy atom. The molecule has 0 atom stereocenters. The Balaban J connectivity index is 0.000000160. The van der Waals surface area contributed by atoms with Crippen LogP contribution in [0.1, 0.15) is 5.56 Å². The Kier molecular flexibility index (Phi) is 12.3. The molecule has 0 aliphatic carbocycles. The van der Waals surface area contributed by atoms with Gasteiger partial charge in [0, 0.05) is 37.5 Å². The summed E-state index contributed by atoms with van der Waals surface area (Å²) in [6.45, 7) is 0.550. The average Bonchev–Trinajstić information content (AvgIpc) is 3.04. The van der Waals surface area contributed by atoms with E-state index in [2.05, 4.69) is 31.0 Å². The molecule has 6 aromatic rings. The zero-order valence-corrected chi connectivity index (χ0v) is 23.7. The number of pyridine rings is 5. The number of nitrogens with two attached hydrogens (primary N) is 1. The SMILES string of the molecule is NCc1cc[c-]c(-c2ccccn2)c1.[Os+2].c1ccc(-c2ccccn2)nc1.c1ccc(-c2ccccn2)nc1. The van der Waals surface area contributed by atoms with E-state index in [0.29, 0.717) is 6.54 Å². The summed E-state index contributed by atoms with van der Waals surface area (Å²) in [5.74, 6) is 0. The number of hydrogen-bond acceptors (Lipinski definition) is 6. The van der Waals surface area contributed by atoms with E-state index in [4.69, 9.17) is 5.73 Å². The van der Waals surface area contributed by atoms with Crippen LogP contribution in [0.5, 0.6) is 0 Å². The Morgan fingerprint density at radius 2 is 0.846 bits per heavy atom. The fourth-order valence-corrected chi connectivity index (χ4v) is 3.37. The standard InChI is InChI=1S/C12H11N2.2C10H8N2.Os/c13-9-10-4-3-5-11(8-10)12-6-1-2-7-14-12;2*1-3-7-11-9(5-1)10-6-2-4-8-12-10;/h1-4,6-8H,9,13H2;2*1-8H;/q-1;;;+2. The van der Waals surface area contributed by atoms with Crippen molar-refractivity contribution in [2.45, 2.75) is 6.54 Å². The van der Waals surface area contributed by atoms with Crippen LogP contribution in [0.3, 0.4) is 0 Å². The van der Waals surface area contributed by atoms with Gasteiger partial charge in [-0.3, -0.25) is 19.9 Å². The van der Waals surface area contributed by atoms with Gasteiger partial charge in [0.2, 0.25) is 0 Å². The van der Waals surface area contributed by atoms with Gasteiger partial charge in [0.1, 0.15) is 0 Å². The smallest absolute Gasteiger partial charge is 0.328 e. The molecule has 0 spiro atoms. The van der Waals surface area contributed by atoms with E-state index < -0.39 is 0 Å². The molecule has 5 heterocycles. The summed E-state index contributed by atoms with van der Waals surface area (Å²) in [6.07, 6.45) is 8.85. The van der Waals surface area contributed by atoms with E-state index >= 15 is 0 Å². The Bertz CT molecular complexity index is 1320. The average molecular weight is 686 g/mol. The first kappa shape index (κ1) is 29.1. The summed E-state index contributed by atoms with van der Waals surface area (Å²) in [6, 6.07) is 38.0. The van der Waals surface area contributed by atoms with Crippen molar-refractivity contribution in [3.8, 4) is 34.0 Å². The number of aromatic nitrogens is 5. The van der Waals surface area contributed by atoms with Gasteiger partial charge in [0.05, 0.1) is 22.8 Å². The van der Waals surface area contributed by atoms with E-state index in [1.165, 1.54) is 0 Å². The van der Waals surface area contributed by atoms with Gasteiger partial charge in [0.15, 0.2) is 0 Å². The van der Waals surface area contributed by atoms with Crippen LogP contribution in [0, 0.1) is 6.07 Å². The van der Waals surface area contributed by atoms with Crippen LogP contribution in [-0.2, 0) is 26.3 Å². The number of nitrogens with zero attached hydrogens (tertiary/aromatic N) is 5. The number of hydrogen-bond donors (Lipinski definition) is 1. The fourth-order valence-electron chi connectivity index (χ4n) is 3.37. The van der Waals surface area contributed by atoms with E-state index in [1.54, 1.807) is 31.0 Å². The molecule has 39 heavy (non-hydrogen) atoms. The van der Waals surface area contributed by atoms with Gasteiger partial charge in [-0.25, -0.2) is 0 Å². The third-order valence-electron chi connectivity index (χ3n) is 5.23. The molecule has 192 valence electrons. The molecule has 6 rings (SSSR count). The molecule has 0 fully saturated rings. The third kappa shape index (κ3) is 9.43. The first-order valence-electron chi connectivity index (χ1n) is 12.1. The molecule has 0 amide bonds. The summed E-state index contributed by atoms with van der Waals surface area (Å²) in [5.41, 5.74) is 12.3. The maximum Gasteiger partial charge on any atom is 2.00 e. The second-order valence-corrected chi connectivity index (χ2v) is 7.89. The van der Waals surface area contributed by atoms with Crippen molar-refractivity contribution < 1.29 is 19.8 Å². The van der Waals surface area contributed by atoms with E-state index in [9.17, 15) is 0 Å². The molecule has 6 nitrogen and oxygen atoms in total. The zero-order chi connectivity index (χ0) is 26.3. The van der Waals surface area contributed by atoms with Gasteiger partial charge in [-0.15, -0.1) is 35.4 Å². The minimum atomic E-state index is 0. The van der Waals surface area contributed by atoms with Crippen LogP contribution in [-0.4, -0.2) is 24.9 Å². The maximum absolute atomic E-state index is 5.56. The van der Waals surface area contributed by atoms with Crippen molar-refractivity contribution in [3.05, 3.63) is 152 Å². The van der Waals surface area contributed by atoms with E-state index in [1.807, 2.05) is 109 Å². The van der Waals surface area contributed by atoms with Crippen LogP contribution >= 0.6 is 0 Å². The Labute approximate surface area is 242 Å². The maximum atomic E-state index is 5.56. The van der Waals surface area contributed by atoms with Gasteiger partial charge in [-0.1, -0.05) is 36.4 Å². The van der Waals surface area contributed by atoms with Crippen molar-refractivity contribution >= 4 is 0 Å². The number of rotatable bonds is 4. The Morgan fingerprint density at radius 1 is 0.487 bits per heavy atom. The van der Waals surface area contributed by atoms with Gasteiger partial charge < -0.3 is 10.7 Å². The van der Waals surface area contributed by atoms with Crippen LogP contribution in [0.25, 0.3) is 34.0 Å². The van der Waals surface area contributed by atoms with Crippen molar-refractivity contribution in [2.24, 2.45) is 5.73 Å². The molecule has 0 aliphatic rings. The van der Waals surface area contributed by atoms with Crippen molar-refractivity contribution in [1.82, 2.24) is 24.9 Å². The summed E-state index contributed by atoms with van der Waals surface area (Å²) >= 11 is 0. The van der Waals surface area contributed by atoms with Crippen LogP contribution in [0.2, 0.25) is 0 Å². The molecular formula is C32H27N6Os+. The van der Waals surface area contributed by atoms with Crippen molar-refractivity contribution in [1.29, 1.82) is 0 Å². The first-order valence-corrected chi connectivity index (χ1v) is 12.1. The molecule has 1 aromatic carbocycles. The van der Waals surface area contributed by atoms with Gasteiger partial charge in [-0.05, 0) is 60.3 Å². The molecule has 0 aliphatic heterocycles. The molecule has 0 saturated carbocycles. The predicted octanol–water partition coefficient (Wildman–Crippen LogP) is 6.29. The second-order valence-electron chi connectivity index (χ2n) is 7.89. The van der Waals surface area contributed by atoms with Crippen molar-refractivity contribution in [3.63, 3.8) is 0 Å². The summed E-state index contributed by atoms with van der Waals surface area (Å²) in [5, 5.41) is 0. The molecule has 7 heteroatoms. The quantitative estimate of drug-likeness (QED) is 0.220. The topological polar surface area (TPSA) is 90.5 Å². The molecule has 5 aromatic heterocycles. The fraction of sp³-hybridized carbons (Fsp3) is 0.0312. The van der Waals surface area contributed by atoms with Crippen LogP contribution in [0.15, 0.2) is 140 Å². The second kappa shape index (κ2) is 16.4. The molecule has 0 bridgehead atoms. The summed E-state index contributed by atoms with van der Waals surface area (Å²) in [7, 11) is 0. The van der Waals surface area contributed by atoms with E-state index in [-0.39, 0.29) is 19.8 Å². The molecular weight excluding hydrogens is 659 g/mol. The molecule has 2 N–H and O–H groups in total.